The molecule has 146 valence electrons. The van der Waals surface area contributed by atoms with Gasteiger partial charge in [-0.3, -0.25) is 0 Å². The average molecular weight is 479 g/mol. The summed E-state index contributed by atoms with van der Waals surface area (Å²) < 4.78 is 9.88. The highest BCUT2D eigenvalue weighted by molar-refractivity contribution is 9.10. The first-order valence-electron chi connectivity index (χ1n) is 10.2. The van der Waals surface area contributed by atoms with Crippen LogP contribution in [-0.2, 0) is 0 Å². The van der Waals surface area contributed by atoms with Crippen LogP contribution in [0.5, 0.6) is 0 Å². The van der Waals surface area contributed by atoms with Gasteiger partial charge in [0.25, 0.3) is 0 Å². The quantitative estimate of drug-likeness (QED) is 0.229. The number of fused-ring (bicyclic) bond motifs is 7. The van der Waals surface area contributed by atoms with Crippen molar-refractivity contribution >= 4 is 80.1 Å². The number of rotatable bonds is 1. The molecule has 3 heteroatoms. The summed E-state index contributed by atoms with van der Waals surface area (Å²) in [6.45, 7) is 0. The Morgan fingerprint density at radius 1 is 0.613 bits per heavy atom. The monoisotopic (exact) mass is 478 g/mol. The van der Waals surface area contributed by atoms with Gasteiger partial charge >= 0.3 is 0 Å². The number of hydrogen-bond acceptors (Lipinski definition) is 2. The molecule has 0 radical (unpaired) electrons. The smallest absolute Gasteiger partial charge is 0.136 e. The van der Waals surface area contributed by atoms with Gasteiger partial charge in [-0.2, -0.15) is 0 Å². The predicted octanol–water partition coefficient (Wildman–Crippen LogP) is 9.54. The van der Waals surface area contributed by atoms with E-state index in [4.69, 9.17) is 4.42 Å². The molecule has 0 N–H and O–H groups in total. The van der Waals surface area contributed by atoms with Crippen LogP contribution in [0, 0.1) is 0 Å². The second kappa shape index (κ2) is 6.43. The molecule has 0 amide bonds. The molecular formula is C28H15BrOS. The summed E-state index contributed by atoms with van der Waals surface area (Å²) in [7, 11) is 0. The van der Waals surface area contributed by atoms with Crippen LogP contribution < -0.4 is 0 Å². The van der Waals surface area contributed by atoms with Gasteiger partial charge in [0.15, 0.2) is 0 Å². The lowest BCUT2D eigenvalue weighted by Gasteiger charge is -2.07. The first-order chi connectivity index (χ1) is 15.2. The standard InChI is InChI=1S/C28H15BrOS/c29-19-14-22(28-24(15-19)21-6-2-4-8-27(21)31-28)17-10-9-16-12-23-20-5-1-3-7-25(20)30-26(23)13-18(16)11-17/h1-15H. The van der Waals surface area contributed by atoms with Gasteiger partial charge in [0.1, 0.15) is 11.2 Å². The van der Waals surface area contributed by atoms with Crippen LogP contribution in [0.2, 0.25) is 0 Å². The molecule has 0 saturated carbocycles. The Kier molecular flexibility index (Phi) is 3.64. The molecule has 2 heterocycles. The maximum atomic E-state index is 6.13. The average Bonchev–Trinajstić information content (AvgIpc) is 3.34. The lowest BCUT2D eigenvalue weighted by molar-refractivity contribution is 0.669. The Bertz CT molecular complexity index is 1810. The molecule has 0 saturated heterocycles. The van der Waals surface area contributed by atoms with Gasteiger partial charge in [0, 0.05) is 41.0 Å². The van der Waals surface area contributed by atoms with Crippen molar-refractivity contribution in [3.05, 3.63) is 95.5 Å². The third-order valence-corrected chi connectivity index (χ3v) is 7.77. The molecule has 0 aliphatic heterocycles. The van der Waals surface area contributed by atoms with E-state index in [-0.39, 0.29) is 0 Å². The molecule has 7 aromatic rings. The molecule has 0 aliphatic rings. The summed E-state index contributed by atoms with van der Waals surface area (Å²) in [5, 5.41) is 7.38. The van der Waals surface area contributed by atoms with Crippen LogP contribution in [-0.4, -0.2) is 0 Å². The topological polar surface area (TPSA) is 13.1 Å². The zero-order valence-electron chi connectivity index (χ0n) is 16.4. The van der Waals surface area contributed by atoms with Crippen molar-refractivity contribution in [3.63, 3.8) is 0 Å². The van der Waals surface area contributed by atoms with Gasteiger partial charge < -0.3 is 4.42 Å². The van der Waals surface area contributed by atoms with E-state index in [0.717, 1.165) is 15.6 Å². The molecule has 2 aromatic heterocycles. The summed E-state index contributed by atoms with van der Waals surface area (Å²) in [5.74, 6) is 0. The Morgan fingerprint density at radius 3 is 2.39 bits per heavy atom. The minimum atomic E-state index is 0.937. The highest BCUT2D eigenvalue weighted by Gasteiger charge is 2.13. The SMILES string of the molecule is Brc1cc(-c2ccc3cc4c(cc3c2)oc2ccccc24)c2sc3ccccc3c2c1. The molecule has 0 unspecified atom stereocenters. The van der Waals surface area contributed by atoms with Gasteiger partial charge in [-0.15, -0.1) is 11.3 Å². The summed E-state index contributed by atoms with van der Waals surface area (Å²) in [6.07, 6.45) is 0. The minimum absolute atomic E-state index is 0.937. The highest BCUT2D eigenvalue weighted by atomic mass is 79.9. The molecule has 0 fully saturated rings. The van der Waals surface area contributed by atoms with Crippen molar-refractivity contribution in [2.45, 2.75) is 0 Å². The van der Waals surface area contributed by atoms with E-state index in [0.29, 0.717) is 0 Å². The second-order valence-corrected chi connectivity index (χ2v) is 9.90. The number of benzene rings is 5. The second-order valence-electron chi connectivity index (χ2n) is 7.94. The largest absolute Gasteiger partial charge is 0.456 e. The van der Waals surface area contributed by atoms with Crippen molar-refractivity contribution in [3.8, 4) is 11.1 Å². The summed E-state index contributed by atoms with van der Waals surface area (Å²) in [5.41, 5.74) is 4.36. The van der Waals surface area contributed by atoms with E-state index < -0.39 is 0 Å². The fourth-order valence-electron chi connectivity index (χ4n) is 4.64. The maximum Gasteiger partial charge on any atom is 0.136 e. The molecule has 1 nitrogen and oxygen atoms in total. The predicted molar refractivity (Wildman–Crippen MR) is 137 cm³/mol. The van der Waals surface area contributed by atoms with Crippen molar-refractivity contribution in [1.29, 1.82) is 0 Å². The Hall–Kier alpha value is -3.14. The maximum absolute atomic E-state index is 6.13. The van der Waals surface area contributed by atoms with Gasteiger partial charge in [-0.05, 0) is 58.8 Å². The van der Waals surface area contributed by atoms with E-state index in [1.54, 1.807) is 0 Å². The van der Waals surface area contributed by atoms with E-state index in [2.05, 4.69) is 94.8 Å². The van der Waals surface area contributed by atoms with Gasteiger partial charge in [-0.1, -0.05) is 64.5 Å². The van der Waals surface area contributed by atoms with Crippen molar-refractivity contribution < 1.29 is 4.42 Å². The number of hydrogen-bond donors (Lipinski definition) is 0. The van der Waals surface area contributed by atoms with Gasteiger partial charge in [0.2, 0.25) is 0 Å². The molecule has 0 spiro atoms. The Labute approximate surface area is 190 Å². The van der Waals surface area contributed by atoms with Crippen LogP contribution in [0.25, 0.3) is 64.0 Å². The third-order valence-electron chi connectivity index (χ3n) is 6.09. The zero-order chi connectivity index (χ0) is 20.5. The number of para-hydroxylation sites is 1. The Morgan fingerprint density at radius 2 is 1.45 bits per heavy atom. The Balaban J connectivity index is 1.51. The van der Waals surface area contributed by atoms with Crippen molar-refractivity contribution in [2.75, 3.05) is 0 Å². The molecule has 0 atom stereocenters. The van der Waals surface area contributed by atoms with E-state index in [1.165, 1.54) is 52.8 Å². The summed E-state index contributed by atoms with van der Waals surface area (Å²) >= 11 is 5.61. The van der Waals surface area contributed by atoms with Crippen LogP contribution in [0.4, 0.5) is 0 Å². The number of halogens is 1. The molecule has 0 aliphatic carbocycles. The first kappa shape index (κ1) is 17.5. The van der Waals surface area contributed by atoms with Gasteiger partial charge in [0.05, 0.1) is 0 Å². The summed E-state index contributed by atoms with van der Waals surface area (Å²) in [6, 6.07) is 32.5. The fourth-order valence-corrected chi connectivity index (χ4v) is 6.32. The van der Waals surface area contributed by atoms with Gasteiger partial charge in [-0.25, -0.2) is 0 Å². The lowest BCUT2D eigenvalue weighted by atomic mass is 9.98. The van der Waals surface area contributed by atoms with E-state index in [9.17, 15) is 0 Å². The normalized spacial score (nSPS) is 12.0. The van der Waals surface area contributed by atoms with Crippen molar-refractivity contribution in [1.82, 2.24) is 0 Å². The lowest BCUT2D eigenvalue weighted by Crippen LogP contribution is -1.81. The van der Waals surface area contributed by atoms with E-state index in [1.807, 2.05) is 23.5 Å². The summed E-state index contributed by atoms with van der Waals surface area (Å²) in [4.78, 5) is 0. The number of furan rings is 1. The van der Waals surface area contributed by atoms with Crippen LogP contribution >= 0.6 is 27.3 Å². The molecule has 7 rings (SSSR count). The highest BCUT2D eigenvalue weighted by Crippen LogP contribution is 2.42. The molecule has 0 bridgehead atoms. The number of thiophene rings is 1. The van der Waals surface area contributed by atoms with Crippen LogP contribution in [0.15, 0.2) is 99.9 Å². The van der Waals surface area contributed by atoms with Crippen molar-refractivity contribution in [2.24, 2.45) is 0 Å². The molecule has 5 aromatic carbocycles. The zero-order valence-corrected chi connectivity index (χ0v) is 18.8. The van der Waals surface area contributed by atoms with Crippen LogP contribution in [0.1, 0.15) is 0 Å². The minimum Gasteiger partial charge on any atom is -0.456 e. The molecule has 31 heavy (non-hydrogen) atoms. The van der Waals surface area contributed by atoms with Crippen LogP contribution in [0.3, 0.4) is 0 Å². The van der Waals surface area contributed by atoms with E-state index >= 15 is 0 Å². The fraction of sp³-hybridized carbons (Fsp3) is 0. The third kappa shape index (κ3) is 2.60. The first-order valence-corrected chi connectivity index (χ1v) is 11.8. The molecular weight excluding hydrogens is 464 g/mol.